The molecule has 0 heterocycles. The molecule has 0 aromatic heterocycles. The Labute approximate surface area is 93.3 Å². The fourth-order valence-corrected chi connectivity index (χ4v) is 1.59. The van der Waals surface area contributed by atoms with Crippen LogP contribution in [0.25, 0.3) is 0 Å². The summed E-state index contributed by atoms with van der Waals surface area (Å²) in [5, 5.41) is 2.67. The predicted molar refractivity (Wildman–Crippen MR) is 62.2 cm³/mol. The summed E-state index contributed by atoms with van der Waals surface area (Å²) in [5.41, 5.74) is 0.730. The molecule has 0 saturated heterocycles. The number of anilines is 1. The molecule has 4 heteroatoms. The van der Waals surface area contributed by atoms with Gasteiger partial charge in [-0.25, -0.2) is 0 Å². The van der Waals surface area contributed by atoms with Crippen molar-refractivity contribution in [2.45, 2.75) is 18.2 Å². The van der Waals surface area contributed by atoms with Crippen LogP contribution in [0.3, 0.4) is 0 Å². The number of thioether (sulfide) groups is 1. The molecule has 0 fully saturated rings. The Hall–Kier alpha value is -1.29. The van der Waals surface area contributed by atoms with Crippen LogP contribution in [0.2, 0.25) is 0 Å². The summed E-state index contributed by atoms with van der Waals surface area (Å²) in [6, 6.07) is 7.51. The zero-order valence-electron chi connectivity index (χ0n) is 8.74. The molecule has 1 rings (SSSR count). The molecule has 0 atom stereocenters. The van der Waals surface area contributed by atoms with Crippen LogP contribution in [0, 0.1) is 0 Å². The second-order valence-electron chi connectivity index (χ2n) is 3.16. The highest BCUT2D eigenvalue weighted by atomic mass is 32.2. The van der Waals surface area contributed by atoms with Gasteiger partial charge in [-0.05, 0) is 31.4 Å². The van der Waals surface area contributed by atoms with Gasteiger partial charge in [0, 0.05) is 10.6 Å². The lowest BCUT2D eigenvalue weighted by Crippen LogP contribution is -2.14. The van der Waals surface area contributed by atoms with Gasteiger partial charge in [0.15, 0.2) is 0 Å². The fourth-order valence-electron chi connectivity index (χ4n) is 1.13. The maximum Gasteiger partial charge on any atom is 0.231 e. The van der Waals surface area contributed by atoms with E-state index in [1.165, 1.54) is 6.92 Å². The maximum atomic E-state index is 11.3. The molecule has 1 aromatic rings. The normalized spacial score (nSPS) is 9.73. The number of carbonyl (C=O) groups excluding carboxylic acids is 2. The number of ketones is 1. The second-order valence-corrected chi connectivity index (χ2v) is 4.04. The molecule has 0 unspecified atom stereocenters. The van der Waals surface area contributed by atoms with E-state index in [2.05, 4.69) is 5.32 Å². The van der Waals surface area contributed by atoms with Gasteiger partial charge in [0.25, 0.3) is 0 Å². The average molecular weight is 223 g/mol. The summed E-state index contributed by atoms with van der Waals surface area (Å²) in [5.74, 6) is -0.394. The van der Waals surface area contributed by atoms with Crippen LogP contribution >= 0.6 is 11.8 Å². The SMILES string of the molecule is CSc1cccc(NC(=O)CC(C)=O)c1. The van der Waals surface area contributed by atoms with E-state index in [0.717, 1.165) is 10.6 Å². The summed E-state index contributed by atoms with van der Waals surface area (Å²) in [7, 11) is 0. The minimum atomic E-state index is -0.263. The van der Waals surface area contributed by atoms with Crippen molar-refractivity contribution in [3.8, 4) is 0 Å². The van der Waals surface area contributed by atoms with Gasteiger partial charge >= 0.3 is 0 Å². The number of amides is 1. The van der Waals surface area contributed by atoms with Crippen molar-refractivity contribution in [3.63, 3.8) is 0 Å². The lowest BCUT2D eigenvalue weighted by atomic mass is 10.2. The van der Waals surface area contributed by atoms with E-state index in [9.17, 15) is 9.59 Å². The molecular weight excluding hydrogens is 210 g/mol. The molecule has 1 N–H and O–H groups in total. The van der Waals surface area contributed by atoms with Gasteiger partial charge < -0.3 is 5.32 Å². The molecule has 15 heavy (non-hydrogen) atoms. The van der Waals surface area contributed by atoms with Crippen LogP contribution in [0.15, 0.2) is 29.2 Å². The third kappa shape index (κ3) is 4.16. The van der Waals surface area contributed by atoms with E-state index in [1.807, 2.05) is 24.5 Å². The molecular formula is C11H13NO2S. The van der Waals surface area contributed by atoms with E-state index in [0.29, 0.717) is 0 Å². The lowest BCUT2D eigenvalue weighted by Gasteiger charge is -2.04. The van der Waals surface area contributed by atoms with Crippen molar-refractivity contribution in [2.75, 3.05) is 11.6 Å². The Morgan fingerprint density at radius 1 is 1.40 bits per heavy atom. The standard InChI is InChI=1S/C11H13NO2S/c1-8(13)6-11(14)12-9-4-3-5-10(7-9)15-2/h3-5,7H,6H2,1-2H3,(H,12,14). The molecule has 0 bridgehead atoms. The molecule has 0 aliphatic rings. The highest BCUT2D eigenvalue weighted by molar-refractivity contribution is 7.98. The smallest absolute Gasteiger partial charge is 0.231 e. The van der Waals surface area contributed by atoms with Gasteiger partial charge in [-0.2, -0.15) is 0 Å². The number of carbonyl (C=O) groups is 2. The van der Waals surface area contributed by atoms with Crippen molar-refractivity contribution in [2.24, 2.45) is 0 Å². The largest absolute Gasteiger partial charge is 0.326 e. The van der Waals surface area contributed by atoms with Gasteiger partial charge in [-0.3, -0.25) is 9.59 Å². The lowest BCUT2D eigenvalue weighted by molar-refractivity contribution is -0.124. The van der Waals surface area contributed by atoms with E-state index >= 15 is 0 Å². The summed E-state index contributed by atoms with van der Waals surface area (Å²) in [6.45, 7) is 1.40. The Morgan fingerprint density at radius 2 is 2.13 bits per heavy atom. The summed E-state index contributed by atoms with van der Waals surface area (Å²) in [4.78, 5) is 23.1. The molecule has 1 aromatic carbocycles. The number of benzene rings is 1. The van der Waals surface area contributed by atoms with Crippen LogP contribution in [0.4, 0.5) is 5.69 Å². The van der Waals surface area contributed by atoms with Gasteiger partial charge in [0.1, 0.15) is 5.78 Å². The maximum absolute atomic E-state index is 11.3. The molecule has 0 radical (unpaired) electrons. The summed E-state index contributed by atoms with van der Waals surface area (Å²) < 4.78 is 0. The first-order valence-corrected chi connectivity index (χ1v) is 5.77. The second kappa shape index (κ2) is 5.56. The zero-order valence-corrected chi connectivity index (χ0v) is 9.56. The minimum Gasteiger partial charge on any atom is -0.326 e. The van der Waals surface area contributed by atoms with Gasteiger partial charge in [0.05, 0.1) is 6.42 Å². The van der Waals surface area contributed by atoms with Crippen molar-refractivity contribution in [3.05, 3.63) is 24.3 Å². The van der Waals surface area contributed by atoms with Gasteiger partial charge in [0.2, 0.25) is 5.91 Å². The average Bonchev–Trinajstić information content (AvgIpc) is 2.16. The van der Waals surface area contributed by atoms with Gasteiger partial charge in [-0.1, -0.05) is 6.07 Å². The van der Waals surface area contributed by atoms with E-state index in [-0.39, 0.29) is 18.1 Å². The number of hydrogen-bond donors (Lipinski definition) is 1. The number of hydrogen-bond acceptors (Lipinski definition) is 3. The topological polar surface area (TPSA) is 46.2 Å². The zero-order chi connectivity index (χ0) is 11.3. The van der Waals surface area contributed by atoms with E-state index in [4.69, 9.17) is 0 Å². The van der Waals surface area contributed by atoms with Crippen molar-refractivity contribution >= 4 is 29.1 Å². The number of nitrogens with one attached hydrogen (secondary N) is 1. The van der Waals surface area contributed by atoms with E-state index < -0.39 is 0 Å². The predicted octanol–water partition coefficient (Wildman–Crippen LogP) is 2.33. The van der Waals surface area contributed by atoms with Crippen LogP contribution < -0.4 is 5.32 Å². The Morgan fingerprint density at radius 3 is 2.73 bits per heavy atom. The summed E-state index contributed by atoms with van der Waals surface area (Å²) >= 11 is 1.61. The Bertz CT molecular complexity index is 377. The van der Waals surface area contributed by atoms with Crippen molar-refractivity contribution in [1.29, 1.82) is 0 Å². The minimum absolute atomic E-state index is 0.0660. The van der Waals surface area contributed by atoms with Crippen molar-refractivity contribution < 1.29 is 9.59 Å². The quantitative estimate of drug-likeness (QED) is 0.629. The molecule has 3 nitrogen and oxygen atoms in total. The third-order valence-corrected chi connectivity index (χ3v) is 2.49. The summed E-state index contributed by atoms with van der Waals surface area (Å²) in [6.07, 6.45) is 1.90. The molecule has 1 amide bonds. The Balaban J connectivity index is 2.63. The van der Waals surface area contributed by atoms with Gasteiger partial charge in [-0.15, -0.1) is 11.8 Å². The molecule has 0 spiro atoms. The third-order valence-electron chi connectivity index (χ3n) is 1.76. The highest BCUT2D eigenvalue weighted by Crippen LogP contribution is 2.18. The van der Waals surface area contributed by atoms with Crippen molar-refractivity contribution in [1.82, 2.24) is 0 Å². The first-order chi connectivity index (χ1) is 7.11. The van der Waals surface area contributed by atoms with E-state index in [1.54, 1.807) is 17.8 Å². The first kappa shape index (κ1) is 11.8. The fraction of sp³-hybridized carbons (Fsp3) is 0.273. The molecule has 0 aliphatic carbocycles. The molecule has 0 aliphatic heterocycles. The van der Waals surface area contributed by atoms with Crippen LogP contribution in [0.1, 0.15) is 13.3 Å². The van der Waals surface area contributed by atoms with Crippen LogP contribution in [0.5, 0.6) is 0 Å². The Kier molecular flexibility index (Phi) is 4.37. The highest BCUT2D eigenvalue weighted by Gasteiger charge is 2.05. The monoisotopic (exact) mass is 223 g/mol. The molecule has 80 valence electrons. The number of Topliss-reactive ketones (excluding diaryl/α,β-unsaturated/α-hetero) is 1. The molecule has 0 saturated carbocycles. The van der Waals surface area contributed by atoms with Crippen LogP contribution in [-0.2, 0) is 9.59 Å². The first-order valence-electron chi connectivity index (χ1n) is 4.55. The van der Waals surface area contributed by atoms with Crippen LogP contribution in [-0.4, -0.2) is 17.9 Å². The number of rotatable bonds is 4.